The van der Waals surface area contributed by atoms with Crippen molar-refractivity contribution >= 4 is 21.6 Å². The van der Waals surface area contributed by atoms with Crippen LogP contribution >= 0.6 is 0 Å². The Kier molecular flexibility index (Phi) is 6.61. The molecule has 2 aliphatic rings. The number of hydrogen-bond acceptors (Lipinski definition) is 3. The van der Waals surface area contributed by atoms with Crippen LogP contribution in [-0.4, -0.2) is 20.4 Å². The molecule has 1 amide bonds. The van der Waals surface area contributed by atoms with Crippen molar-refractivity contribution in [3.05, 3.63) is 59.7 Å². The molecule has 2 aliphatic carbocycles. The molecule has 0 atom stereocenters. The molecule has 0 saturated heterocycles. The maximum atomic E-state index is 13.0. The van der Waals surface area contributed by atoms with E-state index in [0.29, 0.717) is 5.69 Å². The smallest absolute Gasteiger partial charge is 0.261 e. The van der Waals surface area contributed by atoms with Gasteiger partial charge in [-0.2, -0.15) is 0 Å². The van der Waals surface area contributed by atoms with Crippen molar-refractivity contribution in [3.63, 3.8) is 0 Å². The summed E-state index contributed by atoms with van der Waals surface area (Å²) in [7, 11) is -3.65. The van der Waals surface area contributed by atoms with Crippen LogP contribution in [-0.2, 0) is 26.7 Å². The molecule has 0 radical (unpaired) electrons. The summed E-state index contributed by atoms with van der Waals surface area (Å²) in [6, 6.07) is 14.6. The number of aryl methyl sites for hydroxylation is 1. The highest BCUT2D eigenvalue weighted by atomic mass is 32.2. The largest absolute Gasteiger partial charge is 0.353 e. The highest BCUT2D eigenvalue weighted by Crippen LogP contribution is 2.49. The lowest BCUT2D eigenvalue weighted by atomic mass is 9.86. The first-order chi connectivity index (χ1) is 15.3. The van der Waals surface area contributed by atoms with E-state index in [9.17, 15) is 13.2 Å². The van der Waals surface area contributed by atoms with E-state index in [-0.39, 0.29) is 16.8 Å². The standard InChI is InChI=1S/C26H34N2O3S/c1-3-4-20-7-15-24(16-8-20)32(30,31)28-23-13-9-21(10-14-23)26(17-18-26)25(29)27-22-11-5-19(2)6-12-22/h7-10,13-16,19,22,28H,3-6,11-12,17-18H2,1-2H3,(H,27,29). The fraction of sp³-hybridized carbons (Fsp3) is 0.500. The van der Waals surface area contributed by atoms with Crippen LogP contribution in [0.4, 0.5) is 5.69 Å². The minimum absolute atomic E-state index is 0.123. The van der Waals surface area contributed by atoms with E-state index >= 15 is 0 Å². The zero-order valence-electron chi connectivity index (χ0n) is 19.1. The van der Waals surface area contributed by atoms with Gasteiger partial charge in [0.05, 0.1) is 10.3 Å². The molecular weight excluding hydrogens is 420 g/mol. The molecule has 0 aromatic heterocycles. The molecule has 0 heterocycles. The fourth-order valence-corrected chi connectivity index (χ4v) is 5.75. The number of rotatable bonds is 8. The lowest BCUT2D eigenvalue weighted by molar-refractivity contribution is -0.124. The Labute approximate surface area is 192 Å². The number of anilines is 1. The predicted octanol–water partition coefficient (Wildman–Crippen LogP) is 5.17. The van der Waals surface area contributed by atoms with Gasteiger partial charge in [0.25, 0.3) is 10.0 Å². The van der Waals surface area contributed by atoms with E-state index in [1.165, 1.54) is 12.8 Å². The van der Waals surface area contributed by atoms with Gasteiger partial charge in [-0.05, 0) is 86.3 Å². The number of carbonyl (C=O) groups is 1. The summed E-state index contributed by atoms with van der Waals surface area (Å²) in [6.45, 7) is 4.37. The fourth-order valence-electron chi connectivity index (χ4n) is 4.70. The van der Waals surface area contributed by atoms with Crippen LogP contribution in [0.25, 0.3) is 0 Å². The van der Waals surface area contributed by atoms with Gasteiger partial charge in [-0.25, -0.2) is 8.42 Å². The maximum Gasteiger partial charge on any atom is 0.261 e. The van der Waals surface area contributed by atoms with Gasteiger partial charge in [-0.1, -0.05) is 44.5 Å². The van der Waals surface area contributed by atoms with Gasteiger partial charge in [-0.3, -0.25) is 9.52 Å². The van der Waals surface area contributed by atoms with Gasteiger partial charge in [0, 0.05) is 11.7 Å². The number of benzene rings is 2. The van der Waals surface area contributed by atoms with Crippen molar-refractivity contribution in [2.24, 2.45) is 5.92 Å². The summed E-state index contributed by atoms with van der Waals surface area (Å²) in [4.78, 5) is 13.3. The minimum atomic E-state index is -3.65. The molecule has 172 valence electrons. The average molecular weight is 455 g/mol. The molecule has 2 aromatic rings. The molecule has 0 aliphatic heterocycles. The predicted molar refractivity (Wildman–Crippen MR) is 128 cm³/mol. The molecule has 0 unspecified atom stereocenters. The van der Waals surface area contributed by atoms with Gasteiger partial charge in [-0.15, -0.1) is 0 Å². The second-order valence-electron chi connectivity index (χ2n) is 9.59. The Morgan fingerprint density at radius 3 is 2.16 bits per heavy atom. The third kappa shape index (κ3) is 5.01. The first-order valence-corrected chi connectivity index (χ1v) is 13.3. The molecule has 5 nitrogen and oxygen atoms in total. The van der Waals surface area contributed by atoms with Crippen LogP contribution in [0.15, 0.2) is 53.4 Å². The van der Waals surface area contributed by atoms with E-state index in [2.05, 4.69) is 23.9 Å². The number of hydrogen-bond donors (Lipinski definition) is 2. The zero-order valence-corrected chi connectivity index (χ0v) is 19.9. The zero-order chi connectivity index (χ0) is 22.8. The third-order valence-corrected chi connectivity index (χ3v) is 8.39. The van der Waals surface area contributed by atoms with E-state index in [0.717, 1.165) is 55.6 Å². The second kappa shape index (κ2) is 9.26. The molecule has 2 saturated carbocycles. The number of carbonyl (C=O) groups excluding carboxylic acids is 1. The highest BCUT2D eigenvalue weighted by Gasteiger charge is 2.51. The van der Waals surface area contributed by atoms with Crippen LogP contribution in [0.3, 0.4) is 0 Å². The average Bonchev–Trinajstić information content (AvgIpc) is 3.58. The lowest BCUT2D eigenvalue weighted by Crippen LogP contribution is -2.43. The van der Waals surface area contributed by atoms with Gasteiger partial charge < -0.3 is 5.32 Å². The maximum absolute atomic E-state index is 13.0. The number of sulfonamides is 1. The van der Waals surface area contributed by atoms with Crippen LogP contribution in [0.5, 0.6) is 0 Å². The Bertz CT molecular complexity index is 1030. The molecule has 0 bridgehead atoms. The van der Waals surface area contributed by atoms with Crippen molar-refractivity contribution in [1.82, 2.24) is 5.32 Å². The molecule has 2 aromatic carbocycles. The summed E-state index contributed by atoms with van der Waals surface area (Å²) in [6.07, 6.45) is 8.11. The van der Waals surface area contributed by atoms with Crippen molar-refractivity contribution in [1.29, 1.82) is 0 Å². The molecule has 6 heteroatoms. The SMILES string of the molecule is CCCc1ccc(S(=O)(=O)Nc2ccc(C3(C(=O)NC4CCC(C)CC4)CC3)cc2)cc1. The quantitative estimate of drug-likeness (QED) is 0.578. The van der Waals surface area contributed by atoms with Crippen molar-refractivity contribution < 1.29 is 13.2 Å². The number of amides is 1. The van der Waals surface area contributed by atoms with E-state index in [1.54, 1.807) is 24.3 Å². The molecule has 4 rings (SSSR count). The molecule has 2 fully saturated rings. The molecule has 0 spiro atoms. The van der Waals surface area contributed by atoms with E-state index < -0.39 is 15.4 Å². The van der Waals surface area contributed by atoms with E-state index in [4.69, 9.17) is 0 Å². The Morgan fingerprint density at radius 2 is 1.59 bits per heavy atom. The Morgan fingerprint density at radius 1 is 0.969 bits per heavy atom. The summed E-state index contributed by atoms with van der Waals surface area (Å²) >= 11 is 0. The lowest BCUT2D eigenvalue weighted by Gasteiger charge is -2.28. The van der Waals surface area contributed by atoms with E-state index in [1.807, 2.05) is 24.3 Å². The van der Waals surface area contributed by atoms with Gasteiger partial charge in [0.15, 0.2) is 0 Å². The van der Waals surface area contributed by atoms with Crippen LogP contribution in [0.1, 0.15) is 69.9 Å². The summed E-state index contributed by atoms with van der Waals surface area (Å²) in [5.74, 6) is 0.876. The summed E-state index contributed by atoms with van der Waals surface area (Å²) in [5.41, 5.74) is 2.15. The molecular formula is C26H34N2O3S. The first kappa shape index (κ1) is 22.8. The molecule has 2 N–H and O–H groups in total. The van der Waals surface area contributed by atoms with Crippen molar-refractivity contribution in [2.45, 2.75) is 81.6 Å². The van der Waals surface area contributed by atoms with Gasteiger partial charge in [0.1, 0.15) is 0 Å². The Balaban J connectivity index is 1.40. The Hall–Kier alpha value is -2.34. The number of nitrogens with one attached hydrogen (secondary N) is 2. The van der Waals surface area contributed by atoms with Crippen molar-refractivity contribution in [3.8, 4) is 0 Å². The normalized spacial score (nSPS) is 22.2. The second-order valence-corrected chi connectivity index (χ2v) is 11.3. The summed E-state index contributed by atoms with van der Waals surface area (Å²) in [5, 5.41) is 3.28. The first-order valence-electron chi connectivity index (χ1n) is 11.9. The molecule has 32 heavy (non-hydrogen) atoms. The third-order valence-electron chi connectivity index (χ3n) is 7.00. The van der Waals surface area contributed by atoms with Gasteiger partial charge >= 0.3 is 0 Å². The monoisotopic (exact) mass is 454 g/mol. The van der Waals surface area contributed by atoms with Crippen LogP contribution in [0.2, 0.25) is 0 Å². The van der Waals surface area contributed by atoms with Crippen LogP contribution < -0.4 is 10.0 Å². The minimum Gasteiger partial charge on any atom is -0.353 e. The van der Waals surface area contributed by atoms with Gasteiger partial charge in [0.2, 0.25) is 5.91 Å². The highest BCUT2D eigenvalue weighted by molar-refractivity contribution is 7.92. The summed E-state index contributed by atoms with van der Waals surface area (Å²) < 4.78 is 28.1. The van der Waals surface area contributed by atoms with Crippen molar-refractivity contribution in [2.75, 3.05) is 4.72 Å². The topological polar surface area (TPSA) is 75.3 Å². The van der Waals surface area contributed by atoms with Crippen LogP contribution in [0, 0.1) is 5.92 Å².